The molecule has 0 spiro atoms. The first kappa shape index (κ1) is 17.3. The Balaban J connectivity index is 1.64. The molecule has 5 heteroatoms. The zero-order valence-electron chi connectivity index (χ0n) is 15.4. The van der Waals surface area contributed by atoms with Crippen molar-refractivity contribution >= 4 is 22.8 Å². The molecule has 5 nitrogen and oxygen atoms in total. The van der Waals surface area contributed by atoms with E-state index in [1.807, 2.05) is 56.3 Å². The topological polar surface area (TPSA) is 73.4 Å². The van der Waals surface area contributed by atoms with Gasteiger partial charge >= 0.3 is 5.97 Å². The van der Waals surface area contributed by atoms with Gasteiger partial charge in [-0.25, -0.2) is 0 Å². The smallest absolute Gasteiger partial charge is 0.308 e. The average Bonchev–Trinajstić information content (AvgIpc) is 3.26. The number of aryl methyl sites for hydroxylation is 2. The Hall–Kier alpha value is -3.08. The molecular formula is C22H22N2O3. The molecule has 2 N–H and O–H groups in total. The highest BCUT2D eigenvalue weighted by Crippen LogP contribution is 2.34. The minimum Gasteiger partial charge on any atom is -0.481 e. The van der Waals surface area contributed by atoms with Gasteiger partial charge in [-0.15, -0.1) is 0 Å². The summed E-state index contributed by atoms with van der Waals surface area (Å²) in [6, 6.07) is 15.6. The Labute approximate surface area is 157 Å². The molecule has 1 aliphatic heterocycles. The molecule has 0 bridgehead atoms. The first-order chi connectivity index (χ1) is 12.9. The van der Waals surface area contributed by atoms with Gasteiger partial charge in [0.2, 0.25) is 0 Å². The summed E-state index contributed by atoms with van der Waals surface area (Å²) in [7, 11) is 0. The van der Waals surface area contributed by atoms with Crippen LogP contribution >= 0.6 is 0 Å². The van der Waals surface area contributed by atoms with Crippen molar-refractivity contribution < 1.29 is 14.7 Å². The van der Waals surface area contributed by atoms with Gasteiger partial charge in [-0.1, -0.05) is 36.4 Å². The van der Waals surface area contributed by atoms with E-state index in [4.69, 9.17) is 0 Å². The zero-order chi connectivity index (χ0) is 19.1. The highest BCUT2D eigenvalue weighted by Gasteiger charge is 2.40. The number of fused-ring (bicyclic) bond motifs is 1. The fraction of sp³-hybridized carbons (Fsp3) is 0.273. The zero-order valence-corrected chi connectivity index (χ0v) is 15.4. The van der Waals surface area contributed by atoms with Crippen molar-refractivity contribution in [2.75, 3.05) is 13.1 Å². The number of carbonyl (C=O) groups is 2. The van der Waals surface area contributed by atoms with Crippen LogP contribution in [0.4, 0.5) is 0 Å². The van der Waals surface area contributed by atoms with Crippen molar-refractivity contribution in [3.8, 4) is 0 Å². The van der Waals surface area contributed by atoms with Gasteiger partial charge in [0, 0.05) is 29.9 Å². The Kier molecular flexibility index (Phi) is 4.22. The second-order valence-corrected chi connectivity index (χ2v) is 7.40. The van der Waals surface area contributed by atoms with Crippen molar-refractivity contribution in [1.82, 2.24) is 9.88 Å². The number of carboxylic acid groups (broad SMARTS) is 1. The number of likely N-dealkylation sites (tertiary alicyclic amines) is 1. The Morgan fingerprint density at radius 3 is 2.52 bits per heavy atom. The summed E-state index contributed by atoms with van der Waals surface area (Å²) in [5.74, 6) is -1.79. The number of rotatable bonds is 3. The van der Waals surface area contributed by atoms with Gasteiger partial charge in [0.15, 0.2) is 0 Å². The summed E-state index contributed by atoms with van der Waals surface area (Å²) in [5, 5.41) is 10.7. The summed E-state index contributed by atoms with van der Waals surface area (Å²) in [5.41, 5.74) is 4.66. The van der Waals surface area contributed by atoms with Crippen LogP contribution in [0.25, 0.3) is 10.9 Å². The minimum atomic E-state index is -0.859. The largest absolute Gasteiger partial charge is 0.481 e. The third-order valence-corrected chi connectivity index (χ3v) is 5.47. The molecule has 1 saturated heterocycles. The molecule has 2 heterocycles. The van der Waals surface area contributed by atoms with Crippen LogP contribution in [0.3, 0.4) is 0 Å². The molecule has 0 saturated carbocycles. The first-order valence-corrected chi connectivity index (χ1v) is 9.11. The van der Waals surface area contributed by atoms with Crippen LogP contribution in [0.2, 0.25) is 0 Å². The fourth-order valence-electron chi connectivity index (χ4n) is 4.14. The predicted octanol–water partition coefficient (Wildman–Crippen LogP) is 3.73. The quantitative estimate of drug-likeness (QED) is 0.746. The van der Waals surface area contributed by atoms with E-state index >= 15 is 0 Å². The number of H-pyrrole nitrogens is 1. The number of amides is 1. The number of hydrogen-bond donors (Lipinski definition) is 2. The predicted molar refractivity (Wildman–Crippen MR) is 104 cm³/mol. The SMILES string of the molecule is Cc1cc(C)c2cc(C(=O)N3C[C@H](C(=O)O)[C@H](c4ccccc4)C3)[nH]c2c1. The highest BCUT2D eigenvalue weighted by molar-refractivity contribution is 5.99. The van der Waals surface area contributed by atoms with Crippen LogP contribution in [0.5, 0.6) is 0 Å². The maximum absolute atomic E-state index is 13.1. The number of nitrogens with zero attached hydrogens (tertiary/aromatic N) is 1. The Morgan fingerprint density at radius 1 is 1.07 bits per heavy atom. The molecule has 0 aliphatic carbocycles. The maximum Gasteiger partial charge on any atom is 0.308 e. The molecule has 3 aromatic rings. The molecule has 0 radical (unpaired) electrons. The van der Waals surface area contributed by atoms with Crippen molar-refractivity contribution in [3.63, 3.8) is 0 Å². The van der Waals surface area contributed by atoms with Gasteiger partial charge in [0.05, 0.1) is 5.92 Å². The highest BCUT2D eigenvalue weighted by atomic mass is 16.4. The van der Waals surface area contributed by atoms with Gasteiger partial charge in [-0.3, -0.25) is 9.59 Å². The molecule has 1 fully saturated rings. The van der Waals surface area contributed by atoms with E-state index in [1.54, 1.807) is 4.90 Å². The van der Waals surface area contributed by atoms with Crippen molar-refractivity contribution in [2.45, 2.75) is 19.8 Å². The van der Waals surface area contributed by atoms with E-state index in [9.17, 15) is 14.7 Å². The number of hydrogen-bond acceptors (Lipinski definition) is 2. The number of aromatic amines is 1. The Morgan fingerprint density at radius 2 is 1.81 bits per heavy atom. The number of nitrogens with one attached hydrogen (secondary N) is 1. The van der Waals surface area contributed by atoms with Crippen LogP contribution in [-0.4, -0.2) is 40.0 Å². The molecule has 1 aliphatic rings. The van der Waals surface area contributed by atoms with Crippen molar-refractivity contribution in [1.29, 1.82) is 0 Å². The molecular weight excluding hydrogens is 340 g/mol. The molecule has 27 heavy (non-hydrogen) atoms. The van der Waals surface area contributed by atoms with E-state index < -0.39 is 11.9 Å². The van der Waals surface area contributed by atoms with Crippen LogP contribution in [0.1, 0.15) is 33.1 Å². The summed E-state index contributed by atoms with van der Waals surface area (Å²) in [6.07, 6.45) is 0. The number of aliphatic carboxylic acids is 1. The average molecular weight is 362 g/mol. The number of carbonyl (C=O) groups excluding carboxylic acids is 1. The van der Waals surface area contributed by atoms with Gasteiger partial charge in [0.25, 0.3) is 5.91 Å². The summed E-state index contributed by atoms with van der Waals surface area (Å²) in [6.45, 7) is 4.69. The second kappa shape index (κ2) is 6.58. The lowest BCUT2D eigenvalue weighted by Gasteiger charge is -2.15. The van der Waals surface area contributed by atoms with Crippen molar-refractivity contribution in [3.05, 3.63) is 70.9 Å². The molecule has 0 unspecified atom stereocenters. The molecule has 138 valence electrons. The summed E-state index contributed by atoms with van der Waals surface area (Å²) >= 11 is 0. The number of aromatic nitrogens is 1. The van der Waals surface area contributed by atoms with Gasteiger partial charge in [0.1, 0.15) is 5.69 Å². The number of carboxylic acids is 1. The van der Waals surface area contributed by atoms with Crippen LogP contribution in [0, 0.1) is 19.8 Å². The maximum atomic E-state index is 13.1. The third kappa shape index (κ3) is 3.10. The summed E-state index contributed by atoms with van der Waals surface area (Å²) < 4.78 is 0. The van der Waals surface area contributed by atoms with E-state index in [1.165, 1.54) is 0 Å². The van der Waals surface area contributed by atoms with E-state index in [2.05, 4.69) is 11.1 Å². The van der Waals surface area contributed by atoms with E-state index in [-0.39, 0.29) is 18.4 Å². The Bertz CT molecular complexity index is 1020. The molecule has 2 aromatic carbocycles. The fourth-order valence-corrected chi connectivity index (χ4v) is 4.14. The van der Waals surface area contributed by atoms with Gasteiger partial charge in [-0.2, -0.15) is 0 Å². The summed E-state index contributed by atoms with van der Waals surface area (Å²) in [4.78, 5) is 29.7. The monoisotopic (exact) mass is 362 g/mol. The normalized spacial score (nSPS) is 19.6. The van der Waals surface area contributed by atoms with Crippen LogP contribution in [-0.2, 0) is 4.79 Å². The lowest BCUT2D eigenvalue weighted by atomic mass is 9.89. The molecule has 4 rings (SSSR count). The second-order valence-electron chi connectivity index (χ2n) is 7.40. The molecule has 2 atom stereocenters. The van der Waals surface area contributed by atoms with Crippen LogP contribution < -0.4 is 0 Å². The first-order valence-electron chi connectivity index (χ1n) is 9.11. The number of benzene rings is 2. The van der Waals surface area contributed by atoms with Gasteiger partial charge in [-0.05, 0) is 42.7 Å². The lowest BCUT2D eigenvalue weighted by Crippen LogP contribution is -2.30. The van der Waals surface area contributed by atoms with Gasteiger partial charge < -0.3 is 15.0 Å². The van der Waals surface area contributed by atoms with Crippen molar-refractivity contribution in [2.24, 2.45) is 5.92 Å². The van der Waals surface area contributed by atoms with Crippen LogP contribution in [0.15, 0.2) is 48.5 Å². The van der Waals surface area contributed by atoms with E-state index in [0.717, 1.165) is 27.6 Å². The lowest BCUT2D eigenvalue weighted by molar-refractivity contribution is -0.141. The standard InChI is InChI=1S/C22H22N2O3/c1-13-8-14(2)16-10-20(23-19(16)9-13)21(25)24-11-17(18(12-24)22(26)27)15-6-4-3-5-7-15/h3-10,17-18,23H,11-12H2,1-2H3,(H,26,27)/t17-,18-/m0/s1. The van der Waals surface area contributed by atoms with E-state index in [0.29, 0.717) is 12.2 Å². The molecule has 1 aromatic heterocycles. The molecule has 1 amide bonds. The minimum absolute atomic E-state index is 0.145. The third-order valence-electron chi connectivity index (χ3n) is 5.47.